The summed E-state index contributed by atoms with van der Waals surface area (Å²) in [6, 6.07) is 14.0. The average Bonchev–Trinajstić information content (AvgIpc) is 2.89. The number of ether oxygens (including phenoxy) is 1. The van der Waals surface area contributed by atoms with Crippen LogP contribution in [-0.4, -0.2) is 11.6 Å². The maximum atomic E-state index is 5.35. The third-order valence-corrected chi connectivity index (χ3v) is 2.54. The largest absolute Gasteiger partial charge is 0.477 e. The van der Waals surface area contributed by atoms with Gasteiger partial charge in [-0.1, -0.05) is 36.4 Å². The van der Waals surface area contributed by atoms with Crippen LogP contribution in [0.3, 0.4) is 0 Å². The van der Waals surface area contributed by atoms with Crippen molar-refractivity contribution >= 4 is 0 Å². The lowest BCUT2D eigenvalue weighted by atomic mass is 10.2. The summed E-state index contributed by atoms with van der Waals surface area (Å²) in [4.78, 5) is 4.04. The van der Waals surface area contributed by atoms with E-state index in [1.165, 1.54) is 11.1 Å². The molecule has 0 fully saturated rings. The molecule has 0 atom stereocenters. The third kappa shape index (κ3) is 3.29. The zero-order chi connectivity index (χ0) is 11.9. The molecule has 0 aliphatic carbocycles. The quantitative estimate of drug-likeness (QED) is 0.813. The molecule has 0 saturated heterocycles. The van der Waals surface area contributed by atoms with Crippen molar-refractivity contribution in [2.24, 2.45) is 5.73 Å². The molecular weight excluding hydrogens is 212 g/mol. The van der Waals surface area contributed by atoms with Crippen LogP contribution in [0.5, 0.6) is 5.88 Å². The van der Waals surface area contributed by atoms with Crippen molar-refractivity contribution in [3.05, 3.63) is 59.8 Å². The van der Waals surface area contributed by atoms with E-state index in [9.17, 15) is 0 Å². The van der Waals surface area contributed by atoms with Crippen LogP contribution in [0.15, 0.2) is 48.7 Å². The van der Waals surface area contributed by atoms with Crippen molar-refractivity contribution in [1.82, 2.24) is 4.98 Å². The average molecular weight is 228 g/mol. The first-order valence-electron chi connectivity index (χ1n) is 5.71. The number of nitrogens with zero attached hydrogens (tertiary/aromatic N) is 1. The molecule has 0 radical (unpaired) electrons. The number of nitrogens with two attached hydrogens (primary N) is 1. The van der Waals surface area contributed by atoms with Gasteiger partial charge in [0.05, 0.1) is 6.61 Å². The minimum atomic E-state index is 0.640. The Kier molecular flexibility index (Phi) is 4.11. The van der Waals surface area contributed by atoms with E-state index in [0.29, 0.717) is 6.54 Å². The molecule has 88 valence electrons. The van der Waals surface area contributed by atoms with Gasteiger partial charge in [0.15, 0.2) is 0 Å². The van der Waals surface area contributed by atoms with Gasteiger partial charge in [0.2, 0.25) is 5.88 Å². The van der Waals surface area contributed by atoms with Gasteiger partial charge in [-0.05, 0) is 11.6 Å². The summed E-state index contributed by atoms with van der Waals surface area (Å²) in [5, 5.41) is 0. The molecule has 0 amide bonds. The van der Waals surface area contributed by atoms with Gasteiger partial charge in [-0.2, -0.15) is 0 Å². The van der Waals surface area contributed by atoms with Crippen molar-refractivity contribution in [3.63, 3.8) is 0 Å². The van der Waals surface area contributed by atoms with Crippen LogP contribution in [0.1, 0.15) is 11.1 Å². The lowest BCUT2D eigenvalue weighted by molar-refractivity contribution is 0.345. The van der Waals surface area contributed by atoms with Crippen LogP contribution in [0.4, 0.5) is 0 Å². The van der Waals surface area contributed by atoms with E-state index in [1.54, 1.807) is 6.20 Å². The molecule has 0 spiro atoms. The van der Waals surface area contributed by atoms with Crippen LogP contribution in [0, 0.1) is 0 Å². The molecule has 2 heterocycles. The minimum Gasteiger partial charge on any atom is -0.477 e. The first-order chi connectivity index (χ1) is 8.40. The van der Waals surface area contributed by atoms with E-state index in [0.717, 1.165) is 18.9 Å². The Balaban J connectivity index is 0.000000128. The molecule has 3 rings (SSSR count). The van der Waals surface area contributed by atoms with Crippen molar-refractivity contribution in [3.8, 4) is 5.88 Å². The number of pyridine rings is 1. The topological polar surface area (TPSA) is 48.1 Å². The molecule has 1 aromatic carbocycles. The Bertz CT molecular complexity index is 434. The third-order valence-electron chi connectivity index (χ3n) is 2.54. The van der Waals surface area contributed by atoms with Crippen LogP contribution < -0.4 is 10.5 Å². The molecule has 17 heavy (non-hydrogen) atoms. The highest BCUT2D eigenvalue weighted by atomic mass is 16.5. The smallest absolute Gasteiger partial charge is 0.216 e. The number of hydrogen-bond acceptors (Lipinski definition) is 3. The van der Waals surface area contributed by atoms with Crippen molar-refractivity contribution in [1.29, 1.82) is 0 Å². The monoisotopic (exact) mass is 228 g/mol. The first kappa shape index (κ1) is 11.6. The van der Waals surface area contributed by atoms with E-state index in [2.05, 4.69) is 11.1 Å². The van der Waals surface area contributed by atoms with E-state index >= 15 is 0 Å². The Labute approximate surface area is 101 Å². The molecular formula is C14H16N2O. The summed E-state index contributed by atoms with van der Waals surface area (Å²) in [5.74, 6) is 0.817. The molecule has 1 aromatic heterocycles. The zero-order valence-corrected chi connectivity index (χ0v) is 9.67. The fraction of sp³-hybridized carbons (Fsp3) is 0.214. The number of aromatic nitrogens is 1. The van der Waals surface area contributed by atoms with Crippen molar-refractivity contribution in [2.45, 2.75) is 13.0 Å². The Morgan fingerprint density at radius 1 is 1.12 bits per heavy atom. The molecule has 3 heteroatoms. The second-order valence-electron chi connectivity index (χ2n) is 3.76. The Morgan fingerprint density at radius 3 is 2.59 bits per heavy atom. The highest BCUT2D eigenvalue weighted by Gasteiger charge is 2.10. The van der Waals surface area contributed by atoms with Crippen LogP contribution in [0.2, 0.25) is 0 Å². The van der Waals surface area contributed by atoms with Gasteiger partial charge >= 0.3 is 0 Å². The lowest BCUT2D eigenvalue weighted by Gasteiger charge is -1.92. The summed E-state index contributed by atoms with van der Waals surface area (Å²) < 4.78 is 5.19. The predicted octanol–water partition coefficient (Wildman–Crippen LogP) is 2.16. The number of rotatable bonds is 1. The van der Waals surface area contributed by atoms with Crippen LogP contribution in [0.25, 0.3) is 0 Å². The molecule has 1 aliphatic rings. The van der Waals surface area contributed by atoms with Crippen molar-refractivity contribution < 1.29 is 4.74 Å². The molecule has 3 nitrogen and oxygen atoms in total. The predicted molar refractivity (Wildman–Crippen MR) is 67.8 cm³/mol. The number of hydrogen-bond donors (Lipinski definition) is 1. The summed E-state index contributed by atoms with van der Waals surface area (Å²) in [5.41, 5.74) is 7.77. The van der Waals surface area contributed by atoms with Gasteiger partial charge in [-0.15, -0.1) is 0 Å². The molecule has 2 N–H and O–H groups in total. The second-order valence-corrected chi connectivity index (χ2v) is 3.76. The van der Waals surface area contributed by atoms with E-state index in [-0.39, 0.29) is 0 Å². The van der Waals surface area contributed by atoms with Gasteiger partial charge in [-0.25, -0.2) is 4.98 Å². The van der Waals surface area contributed by atoms with Gasteiger partial charge in [0.25, 0.3) is 0 Å². The second kappa shape index (κ2) is 6.01. The minimum absolute atomic E-state index is 0.640. The van der Waals surface area contributed by atoms with Crippen LogP contribution >= 0.6 is 0 Å². The zero-order valence-electron chi connectivity index (χ0n) is 9.67. The summed E-state index contributed by atoms with van der Waals surface area (Å²) in [7, 11) is 0. The summed E-state index contributed by atoms with van der Waals surface area (Å²) >= 11 is 0. The SMILES string of the molecule is NCc1ccccc1.c1cnc2c(c1)CCO2. The highest BCUT2D eigenvalue weighted by molar-refractivity contribution is 5.28. The van der Waals surface area contributed by atoms with Gasteiger partial charge in [0, 0.05) is 24.7 Å². The molecule has 1 aliphatic heterocycles. The summed E-state index contributed by atoms with van der Waals surface area (Å²) in [6.07, 6.45) is 2.77. The summed E-state index contributed by atoms with van der Waals surface area (Å²) in [6.45, 7) is 1.44. The van der Waals surface area contributed by atoms with E-state index in [4.69, 9.17) is 10.5 Å². The standard InChI is InChI=1S/C7H7NO.C7H9N/c1-2-6-3-5-9-7(6)8-4-1;8-6-7-4-2-1-3-5-7/h1-2,4H,3,5H2;1-5H,6,8H2. The van der Waals surface area contributed by atoms with Crippen molar-refractivity contribution in [2.75, 3.05) is 6.61 Å². The fourth-order valence-corrected chi connectivity index (χ4v) is 1.62. The normalized spacial score (nSPS) is 12.1. The van der Waals surface area contributed by atoms with Gasteiger partial charge in [-0.3, -0.25) is 0 Å². The molecule has 0 unspecified atom stereocenters. The van der Waals surface area contributed by atoms with Gasteiger partial charge < -0.3 is 10.5 Å². The fourth-order valence-electron chi connectivity index (χ4n) is 1.62. The first-order valence-corrected chi connectivity index (χ1v) is 5.71. The molecule has 0 saturated carbocycles. The van der Waals surface area contributed by atoms with Gasteiger partial charge in [0.1, 0.15) is 0 Å². The Hall–Kier alpha value is -1.87. The van der Waals surface area contributed by atoms with E-state index in [1.807, 2.05) is 36.4 Å². The maximum Gasteiger partial charge on any atom is 0.216 e. The molecule has 2 aromatic rings. The lowest BCUT2D eigenvalue weighted by Crippen LogP contribution is -1.94. The Morgan fingerprint density at radius 2 is 1.94 bits per heavy atom. The highest BCUT2D eigenvalue weighted by Crippen LogP contribution is 2.19. The number of fused-ring (bicyclic) bond motifs is 1. The van der Waals surface area contributed by atoms with E-state index < -0.39 is 0 Å². The maximum absolute atomic E-state index is 5.35. The van der Waals surface area contributed by atoms with Crippen LogP contribution in [-0.2, 0) is 13.0 Å². The number of benzene rings is 1. The molecule has 0 bridgehead atoms.